The molecule has 0 spiro atoms. The number of benzene rings is 1. The van der Waals surface area contributed by atoms with Crippen LogP contribution in [0.4, 0.5) is 5.69 Å². The van der Waals surface area contributed by atoms with Crippen molar-refractivity contribution in [2.75, 3.05) is 19.0 Å². The molecule has 2 N–H and O–H groups in total. The summed E-state index contributed by atoms with van der Waals surface area (Å²) in [4.78, 5) is 2.02. The van der Waals surface area contributed by atoms with E-state index in [4.69, 9.17) is 5.73 Å². The first-order valence-electron chi connectivity index (χ1n) is 5.22. The fourth-order valence-corrected chi connectivity index (χ4v) is 1.58. The Morgan fingerprint density at radius 3 is 2.69 bits per heavy atom. The minimum Gasteiger partial charge on any atom is -0.375 e. The van der Waals surface area contributed by atoms with E-state index in [1.165, 1.54) is 0 Å². The van der Waals surface area contributed by atoms with Gasteiger partial charge in [-0.1, -0.05) is 18.2 Å². The zero-order chi connectivity index (χ0) is 11.5. The Kier molecular flexibility index (Phi) is 2.92. The standard InChI is InChI=1S/C12H16N4/c1-15(2)11-8-14-16(9-11)12-6-4-3-5-10(12)7-13/h3-6,8-9H,7,13H2,1-2H3. The van der Waals surface area contributed by atoms with Crippen LogP contribution in [0.15, 0.2) is 36.7 Å². The van der Waals surface area contributed by atoms with E-state index in [0.29, 0.717) is 6.54 Å². The van der Waals surface area contributed by atoms with Crippen LogP contribution < -0.4 is 10.6 Å². The lowest BCUT2D eigenvalue weighted by Gasteiger charge is -2.09. The minimum atomic E-state index is 0.521. The van der Waals surface area contributed by atoms with Gasteiger partial charge >= 0.3 is 0 Å². The molecule has 2 aromatic rings. The molecular formula is C12H16N4. The van der Waals surface area contributed by atoms with Crippen molar-refractivity contribution in [3.63, 3.8) is 0 Å². The summed E-state index contributed by atoms with van der Waals surface area (Å²) in [6, 6.07) is 8.02. The van der Waals surface area contributed by atoms with Gasteiger partial charge in [0.05, 0.1) is 23.8 Å². The molecule has 16 heavy (non-hydrogen) atoms. The van der Waals surface area contributed by atoms with Crippen LogP contribution in [0.5, 0.6) is 0 Å². The summed E-state index contributed by atoms with van der Waals surface area (Å²) in [5.41, 5.74) is 8.91. The average Bonchev–Trinajstić information content (AvgIpc) is 2.78. The second-order valence-corrected chi connectivity index (χ2v) is 3.87. The van der Waals surface area contributed by atoms with E-state index in [1.807, 2.05) is 60.3 Å². The summed E-state index contributed by atoms with van der Waals surface area (Å²) in [5.74, 6) is 0. The van der Waals surface area contributed by atoms with Gasteiger partial charge in [0.2, 0.25) is 0 Å². The summed E-state index contributed by atoms with van der Waals surface area (Å²) in [6.45, 7) is 0.521. The maximum Gasteiger partial charge on any atom is 0.0752 e. The van der Waals surface area contributed by atoms with Gasteiger partial charge in [-0.05, 0) is 11.6 Å². The Bertz CT molecular complexity index is 473. The number of hydrogen-bond donors (Lipinski definition) is 1. The van der Waals surface area contributed by atoms with Gasteiger partial charge in [-0.2, -0.15) is 5.10 Å². The zero-order valence-electron chi connectivity index (χ0n) is 9.59. The first-order valence-corrected chi connectivity index (χ1v) is 5.22. The molecule has 1 aromatic carbocycles. The topological polar surface area (TPSA) is 47.1 Å². The smallest absolute Gasteiger partial charge is 0.0752 e. The van der Waals surface area contributed by atoms with Crippen molar-refractivity contribution in [2.24, 2.45) is 5.73 Å². The number of hydrogen-bond acceptors (Lipinski definition) is 3. The minimum absolute atomic E-state index is 0.521. The Labute approximate surface area is 95.3 Å². The molecule has 0 amide bonds. The number of nitrogens with two attached hydrogens (primary N) is 1. The number of rotatable bonds is 3. The second kappa shape index (κ2) is 4.37. The van der Waals surface area contributed by atoms with E-state index >= 15 is 0 Å². The largest absolute Gasteiger partial charge is 0.375 e. The lowest BCUT2D eigenvalue weighted by Crippen LogP contribution is -2.07. The molecule has 1 aromatic heterocycles. The van der Waals surface area contributed by atoms with Crippen molar-refractivity contribution in [3.05, 3.63) is 42.2 Å². The van der Waals surface area contributed by atoms with Crippen molar-refractivity contribution in [1.82, 2.24) is 9.78 Å². The zero-order valence-corrected chi connectivity index (χ0v) is 9.59. The highest BCUT2D eigenvalue weighted by Gasteiger charge is 2.05. The van der Waals surface area contributed by atoms with Gasteiger partial charge in [-0.25, -0.2) is 4.68 Å². The highest BCUT2D eigenvalue weighted by molar-refractivity contribution is 5.46. The molecule has 4 heteroatoms. The van der Waals surface area contributed by atoms with Crippen LogP contribution in [0.25, 0.3) is 5.69 Å². The van der Waals surface area contributed by atoms with Crippen molar-refractivity contribution < 1.29 is 0 Å². The molecule has 0 bridgehead atoms. The van der Waals surface area contributed by atoms with Crippen LogP contribution >= 0.6 is 0 Å². The Balaban J connectivity index is 2.42. The maximum atomic E-state index is 5.70. The molecule has 0 fully saturated rings. The summed E-state index contributed by atoms with van der Waals surface area (Å²) in [6.07, 6.45) is 3.84. The Morgan fingerprint density at radius 1 is 1.31 bits per heavy atom. The normalized spacial score (nSPS) is 10.4. The summed E-state index contributed by atoms with van der Waals surface area (Å²) in [5, 5.41) is 4.34. The lowest BCUT2D eigenvalue weighted by atomic mass is 10.2. The van der Waals surface area contributed by atoms with Gasteiger partial charge in [-0.15, -0.1) is 0 Å². The van der Waals surface area contributed by atoms with Crippen molar-refractivity contribution in [2.45, 2.75) is 6.54 Å². The molecule has 0 saturated heterocycles. The SMILES string of the molecule is CN(C)c1cnn(-c2ccccc2CN)c1. The van der Waals surface area contributed by atoms with E-state index in [0.717, 1.165) is 16.9 Å². The van der Waals surface area contributed by atoms with E-state index in [1.54, 1.807) is 0 Å². The van der Waals surface area contributed by atoms with Crippen molar-refractivity contribution >= 4 is 5.69 Å². The van der Waals surface area contributed by atoms with Gasteiger partial charge < -0.3 is 10.6 Å². The number of aromatic nitrogens is 2. The number of nitrogens with zero attached hydrogens (tertiary/aromatic N) is 3. The molecule has 4 nitrogen and oxygen atoms in total. The summed E-state index contributed by atoms with van der Waals surface area (Å²) in [7, 11) is 3.99. The van der Waals surface area contributed by atoms with Gasteiger partial charge in [-0.3, -0.25) is 0 Å². The third-order valence-corrected chi connectivity index (χ3v) is 2.54. The van der Waals surface area contributed by atoms with E-state index in [-0.39, 0.29) is 0 Å². The lowest BCUT2D eigenvalue weighted by molar-refractivity contribution is 0.858. The molecule has 0 atom stereocenters. The van der Waals surface area contributed by atoms with Crippen molar-refractivity contribution in [3.8, 4) is 5.69 Å². The summed E-state index contributed by atoms with van der Waals surface area (Å²) < 4.78 is 1.86. The highest BCUT2D eigenvalue weighted by atomic mass is 15.3. The molecule has 0 unspecified atom stereocenters. The van der Waals surface area contributed by atoms with Gasteiger partial charge in [0.25, 0.3) is 0 Å². The van der Waals surface area contributed by atoms with E-state index in [9.17, 15) is 0 Å². The van der Waals surface area contributed by atoms with Crippen LogP contribution in [0, 0.1) is 0 Å². The van der Waals surface area contributed by atoms with Crippen LogP contribution in [-0.2, 0) is 6.54 Å². The van der Waals surface area contributed by atoms with Crippen LogP contribution in [0.2, 0.25) is 0 Å². The molecule has 0 aliphatic heterocycles. The third kappa shape index (κ3) is 1.92. The Morgan fingerprint density at radius 2 is 2.06 bits per heavy atom. The highest BCUT2D eigenvalue weighted by Crippen LogP contribution is 2.16. The molecular weight excluding hydrogens is 200 g/mol. The molecule has 0 radical (unpaired) electrons. The third-order valence-electron chi connectivity index (χ3n) is 2.54. The summed E-state index contributed by atoms with van der Waals surface area (Å²) >= 11 is 0. The van der Waals surface area contributed by atoms with Crippen molar-refractivity contribution in [1.29, 1.82) is 0 Å². The van der Waals surface area contributed by atoms with E-state index < -0.39 is 0 Å². The van der Waals surface area contributed by atoms with Gasteiger partial charge in [0.15, 0.2) is 0 Å². The van der Waals surface area contributed by atoms with E-state index in [2.05, 4.69) is 5.10 Å². The number of anilines is 1. The predicted octanol–water partition coefficient (Wildman–Crippen LogP) is 1.40. The molecule has 1 heterocycles. The quantitative estimate of drug-likeness (QED) is 0.843. The molecule has 2 rings (SSSR count). The first kappa shape index (κ1) is 10.7. The number of para-hydroxylation sites is 1. The van der Waals surface area contributed by atoms with Crippen LogP contribution in [0.3, 0.4) is 0 Å². The predicted molar refractivity (Wildman–Crippen MR) is 65.8 cm³/mol. The fraction of sp³-hybridized carbons (Fsp3) is 0.250. The van der Waals surface area contributed by atoms with Crippen LogP contribution in [0.1, 0.15) is 5.56 Å². The molecule has 0 aliphatic carbocycles. The monoisotopic (exact) mass is 216 g/mol. The van der Waals surface area contributed by atoms with Crippen LogP contribution in [-0.4, -0.2) is 23.9 Å². The average molecular weight is 216 g/mol. The second-order valence-electron chi connectivity index (χ2n) is 3.87. The molecule has 84 valence electrons. The Hall–Kier alpha value is -1.81. The van der Waals surface area contributed by atoms with Gasteiger partial charge in [0.1, 0.15) is 0 Å². The molecule has 0 aliphatic rings. The maximum absolute atomic E-state index is 5.70. The molecule has 0 saturated carbocycles. The first-order chi connectivity index (χ1) is 7.72. The van der Waals surface area contributed by atoms with Gasteiger partial charge in [0, 0.05) is 20.6 Å². The fourth-order valence-electron chi connectivity index (χ4n) is 1.58.